The SMILES string of the molecule is COCCN(CCBr)c1nc2ccccc2nc1C. The molecule has 2 aromatic rings. The zero-order chi connectivity index (χ0) is 13.7. The molecule has 0 aliphatic carbocycles. The number of hydrogen-bond acceptors (Lipinski definition) is 4. The third kappa shape index (κ3) is 3.42. The van der Waals surface area contributed by atoms with Crippen LogP contribution >= 0.6 is 15.9 Å². The van der Waals surface area contributed by atoms with Crippen LogP contribution in [0.4, 0.5) is 5.82 Å². The van der Waals surface area contributed by atoms with Crippen LogP contribution in [0.3, 0.4) is 0 Å². The molecule has 19 heavy (non-hydrogen) atoms. The number of aromatic nitrogens is 2. The second kappa shape index (κ2) is 6.82. The number of halogens is 1. The fraction of sp³-hybridized carbons (Fsp3) is 0.429. The number of rotatable bonds is 6. The molecule has 0 N–H and O–H groups in total. The normalized spacial score (nSPS) is 10.9. The van der Waals surface area contributed by atoms with Crippen LogP contribution in [0.2, 0.25) is 0 Å². The average Bonchev–Trinajstić information content (AvgIpc) is 2.43. The molecule has 4 nitrogen and oxygen atoms in total. The Morgan fingerprint density at radius 3 is 2.47 bits per heavy atom. The van der Waals surface area contributed by atoms with E-state index in [4.69, 9.17) is 9.72 Å². The summed E-state index contributed by atoms with van der Waals surface area (Å²) >= 11 is 3.48. The smallest absolute Gasteiger partial charge is 0.150 e. The monoisotopic (exact) mass is 323 g/mol. The number of anilines is 1. The quantitative estimate of drug-likeness (QED) is 0.766. The fourth-order valence-corrected chi connectivity index (χ4v) is 2.43. The number of aryl methyl sites for hydroxylation is 1. The minimum Gasteiger partial charge on any atom is -0.383 e. The van der Waals surface area contributed by atoms with E-state index in [-0.39, 0.29) is 0 Å². The lowest BCUT2D eigenvalue weighted by Gasteiger charge is -2.24. The molecule has 0 fully saturated rings. The van der Waals surface area contributed by atoms with Gasteiger partial charge in [0, 0.05) is 25.5 Å². The molecule has 0 amide bonds. The van der Waals surface area contributed by atoms with Gasteiger partial charge in [0.15, 0.2) is 5.82 Å². The van der Waals surface area contributed by atoms with Gasteiger partial charge in [-0.3, -0.25) is 0 Å². The number of alkyl halides is 1. The van der Waals surface area contributed by atoms with Gasteiger partial charge in [-0.05, 0) is 19.1 Å². The van der Waals surface area contributed by atoms with Crippen molar-refractivity contribution in [2.24, 2.45) is 0 Å². The van der Waals surface area contributed by atoms with Gasteiger partial charge in [-0.25, -0.2) is 9.97 Å². The summed E-state index contributed by atoms with van der Waals surface area (Å²) in [5, 5.41) is 0.894. The molecule has 2 rings (SSSR count). The predicted molar refractivity (Wildman–Crippen MR) is 82.2 cm³/mol. The maximum atomic E-state index is 5.16. The van der Waals surface area contributed by atoms with Crippen molar-refractivity contribution in [3.8, 4) is 0 Å². The Balaban J connectivity index is 2.37. The highest BCUT2D eigenvalue weighted by atomic mass is 79.9. The molecule has 1 aromatic heterocycles. The maximum Gasteiger partial charge on any atom is 0.150 e. The van der Waals surface area contributed by atoms with Gasteiger partial charge in [-0.2, -0.15) is 0 Å². The minimum absolute atomic E-state index is 0.681. The van der Waals surface area contributed by atoms with E-state index in [1.807, 2.05) is 31.2 Å². The van der Waals surface area contributed by atoms with Crippen LogP contribution in [0.1, 0.15) is 5.69 Å². The van der Waals surface area contributed by atoms with Crippen LogP contribution in [-0.4, -0.2) is 42.1 Å². The largest absolute Gasteiger partial charge is 0.383 e. The molecule has 0 aliphatic heterocycles. The van der Waals surface area contributed by atoms with Crippen molar-refractivity contribution in [1.82, 2.24) is 9.97 Å². The molecule has 0 unspecified atom stereocenters. The molecule has 0 saturated carbocycles. The summed E-state index contributed by atoms with van der Waals surface area (Å²) in [6.07, 6.45) is 0. The topological polar surface area (TPSA) is 38.2 Å². The van der Waals surface area contributed by atoms with Gasteiger partial charge in [0.2, 0.25) is 0 Å². The Hall–Kier alpha value is -1.20. The number of fused-ring (bicyclic) bond motifs is 1. The van der Waals surface area contributed by atoms with E-state index in [9.17, 15) is 0 Å². The highest BCUT2D eigenvalue weighted by Gasteiger charge is 2.12. The highest BCUT2D eigenvalue weighted by molar-refractivity contribution is 9.09. The number of hydrogen-bond donors (Lipinski definition) is 0. The lowest BCUT2D eigenvalue weighted by molar-refractivity contribution is 0.205. The van der Waals surface area contributed by atoms with Crippen LogP contribution in [0.25, 0.3) is 11.0 Å². The number of ether oxygens (including phenoxy) is 1. The average molecular weight is 324 g/mol. The van der Waals surface area contributed by atoms with Crippen molar-refractivity contribution in [1.29, 1.82) is 0 Å². The zero-order valence-corrected chi connectivity index (χ0v) is 12.9. The molecular weight excluding hydrogens is 306 g/mol. The van der Waals surface area contributed by atoms with Crippen molar-refractivity contribution >= 4 is 32.8 Å². The lowest BCUT2D eigenvalue weighted by atomic mass is 10.3. The zero-order valence-electron chi connectivity index (χ0n) is 11.3. The second-order valence-corrected chi connectivity index (χ2v) is 5.08. The Kier molecular flexibility index (Phi) is 5.10. The lowest BCUT2D eigenvalue weighted by Crippen LogP contribution is -2.30. The minimum atomic E-state index is 0.681. The Bertz CT molecular complexity index is 547. The van der Waals surface area contributed by atoms with Crippen molar-refractivity contribution in [2.75, 3.05) is 37.0 Å². The van der Waals surface area contributed by atoms with Gasteiger partial charge < -0.3 is 9.64 Å². The third-order valence-corrected chi connectivity index (χ3v) is 3.29. The summed E-state index contributed by atoms with van der Waals surface area (Å²) in [5.41, 5.74) is 2.82. The van der Waals surface area contributed by atoms with E-state index < -0.39 is 0 Å². The number of methoxy groups -OCH3 is 1. The summed E-state index contributed by atoms with van der Waals surface area (Å²) in [5.74, 6) is 0.940. The van der Waals surface area contributed by atoms with Crippen LogP contribution in [0.15, 0.2) is 24.3 Å². The first-order valence-electron chi connectivity index (χ1n) is 6.29. The van der Waals surface area contributed by atoms with Crippen LogP contribution < -0.4 is 4.90 Å². The Morgan fingerprint density at radius 1 is 1.16 bits per heavy atom. The van der Waals surface area contributed by atoms with Crippen LogP contribution in [0, 0.1) is 6.92 Å². The van der Waals surface area contributed by atoms with E-state index >= 15 is 0 Å². The van der Waals surface area contributed by atoms with Gasteiger partial charge >= 0.3 is 0 Å². The van der Waals surface area contributed by atoms with E-state index in [1.54, 1.807) is 7.11 Å². The molecule has 0 atom stereocenters. The molecule has 0 saturated heterocycles. The number of nitrogens with zero attached hydrogens (tertiary/aromatic N) is 3. The van der Waals surface area contributed by atoms with E-state index in [1.165, 1.54) is 0 Å². The molecular formula is C14H18BrN3O. The highest BCUT2D eigenvalue weighted by Crippen LogP contribution is 2.19. The summed E-state index contributed by atoms with van der Waals surface area (Å²) in [6.45, 7) is 4.39. The van der Waals surface area contributed by atoms with Gasteiger partial charge in [-0.15, -0.1) is 0 Å². The molecule has 0 aliphatic rings. The van der Waals surface area contributed by atoms with Crippen molar-refractivity contribution in [3.63, 3.8) is 0 Å². The van der Waals surface area contributed by atoms with Gasteiger partial charge in [0.05, 0.1) is 23.3 Å². The number of benzene rings is 1. The first-order chi connectivity index (χ1) is 9.26. The van der Waals surface area contributed by atoms with E-state index in [0.717, 1.165) is 41.0 Å². The molecule has 0 bridgehead atoms. The molecule has 5 heteroatoms. The summed E-state index contributed by atoms with van der Waals surface area (Å²) in [6, 6.07) is 7.95. The van der Waals surface area contributed by atoms with Crippen molar-refractivity contribution in [2.45, 2.75) is 6.92 Å². The van der Waals surface area contributed by atoms with Gasteiger partial charge in [0.25, 0.3) is 0 Å². The first kappa shape index (κ1) is 14.2. The summed E-state index contributed by atoms with van der Waals surface area (Å²) < 4.78 is 5.16. The third-order valence-electron chi connectivity index (χ3n) is 2.94. The predicted octanol–water partition coefficient (Wildman–Crippen LogP) is 2.79. The van der Waals surface area contributed by atoms with E-state index in [0.29, 0.717) is 6.61 Å². The van der Waals surface area contributed by atoms with Crippen LogP contribution in [0.5, 0.6) is 0 Å². The van der Waals surface area contributed by atoms with Gasteiger partial charge in [0.1, 0.15) is 0 Å². The second-order valence-electron chi connectivity index (χ2n) is 4.29. The summed E-state index contributed by atoms with van der Waals surface area (Å²) in [7, 11) is 1.71. The Labute approximate surface area is 121 Å². The molecule has 0 radical (unpaired) electrons. The van der Waals surface area contributed by atoms with Gasteiger partial charge in [-0.1, -0.05) is 28.1 Å². The molecule has 1 aromatic carbocycles. The van der Waals surface area contributed by atoms with Crippen LogP contribution in [-0.2, 0) is 4.74 Å². The maximum absolute atomic E-state index is 5.16. The first-order valence-corrected chi connectivity index (χ1v) is 7.41. The van der Waals surface area contributed by atoms with Crippen molar-refractivity contribution in [3.05, 3.63) is 30.0 Å². The molecule has 0 spiro atoms. The van der Waals surface area contributed by atoms with Crippen molar-refractivity contribution < 1.29 is 4.74 Å². The molecule has 102 valence electrons. The molecule has 1 heterocycles. The summed E-state index contributed by atoms with van der Waals surface area (Å²) in [4.78, 5) is 11.6. The standard InChI is InChI=1S/C14H18BrN3O/c1-11-14(18(8-7-15)9-10-19-2)17-13-6-4-3-5-12(13)16-11/h3-6H,7-10H2,1-2H3. The number of para-hydroxylation sites is 2. The fourth-order valence-electron chi connectivity index (χ4n) is 2.01. The Morgan fingerprint density at radius 2 is 1.84 bits per heavy atom. The van der Waals surface area contributed by atoms with E-state index in [2.05, 4.69) is 25.8 Å².